The minimum Gasteiger partial charge on any atom is -0.503 e. The zero-order chi connectivity index (χ0) is 17.3. The standard InChI is InChI=1S/C20H21NO3/c1-13-8-9-16(10-17(13)15-6-4-3-5-7-15)21-12-20(24)19(23)11-18(21)14(2)22/h3-9,11-12,14,17,22,24H,10H2,1-2H3. The number of nitrogens with zero attached hydrogens (tertiary/aromatic N) is 1. The van der Waals surface area contributed by atoms with E-state index in [4.69, 9.17) is 0 Å². The number of hydrogen-bond donors (Lipinski definition) is 2. The summed E-state index contributed by atoms with van der Waals surface area (Å²) in [6.45, 7) is 3.71. The number of aromatic hydroxyl groups is 1. The van der Waals surface area contributed by atoms with Gasteiger partial charge in [0.05, 0.1) is 18.0 Å². The Morgan fingerprint density at radius 2 is 1.92 bits per heavy atom. The molecule has 4 nitrogen and oxygen atoms in total. The van der Waals surface area contributed by atoms with E-state index in [1.807, 2.05) is 24.3 Å². The van der Waals surface area contributed by atoms with Crippen molar-refractivity contribution in [2.24, 2.45) is 0 Å². The first kappa shape index (κ1) is 16.3. The van der Waals surface area contributed by atoms with Gasteiger partial charge in [-0.2, -0.15) is 0 Å². The first-order valence-electron chi connectivity index (χ1n) is 8.03. The number of rotatable bonds is 3. The van der Waals surface area contributed by atoms with Crippen molar-refractivity contribution in [1.82, 2.24) is 4.57 Å². The van der Waals surface area contributed by atoms with Gasteiger partial charge in [0.2, 0.25) is 5.43 Å². The molecule has 2 aromatic rings. The van der Waals surface area contributed by atoms with E-state index in [1.165, 1.54) is 23.4 Å². The Balaban J connectivity index is 2.05. The van der Waals surface area contributed by atoms with Gasteiger partial charge in [-0.3, -0.25) is 4.79 Å². The number of aliphatic hydroxyl groups is 1. The van der Waals surface area contributed by atoms with Crippen LogP contribution in [0.5, 0.6) is 5.75 Å². The molecule has 0 radical (unpaired) electrons. The smallest absolute Gasteiger partial charge is 0.223 e. The predicted octanol–water partition coefficient (Wildman–Crippen LogP) is 3.58. The zero-order valence-corrected chi connectivity index (χ0v) is 13.8. The van der Waals surface area contributed by atoms with Crippen LogP contribution in [-0.4, -0.2) is 14.8 Å². The Morgan fingerprint density at radius 1 is 1.21 bits per heavy atom. The quantitative estimate of drug-likeness (QED) is 0.907. The highest BCUT2D eigenvalue weighted by Crippen LogP contribution is 2.36. The zero-order valence-electron chi connectivity index (χ0n) is 13.8. The Hall–Kier alpha value is -2.59. The summed E-state index contributed by atoms with van der Waals surface area (Å²) in [5.41, 5.74) is 3.41. The Labute approximate surface area is 141 Å². The minimum atomic E-state index is -0.804. The lowest BCUT2D eigenvalue weighted by atomic mass is 9.84. The summed E-state index contributed by atoms with van der Waals surface area (Å²) in [5, 5.41) is 19.8. The van der Waals surface area contributed by atoms with Crippen molar-refractivity contribution in [3.05, 3.63) is 81.8 Å². The molecule has 2 atom stereocenters. The molecule has 124 valence electrons. The number of benzene rings is 1. The highest BCUT2D eigenvalue weighted by atomic mass is 16.3. The van der Waals surface area contributed by atoms with Gasteiger partial charge in [0, 0.05) is 17.7 Å². The van der Waals surface area contributed by atoms with Gasteiger partial charge < -0.3 is 14.8 Å². The largest absolute Gasteiger partial charge is 0.503 e. The maximum absolute atomic E-state index is 11.7. The molecule has 2 N–H and O–H groups in total. The summed E-state index contributed by atoms with van der Waals surface area (Å²) < 4.78 is 1.72. The fraction of sp³-hybridized carbons (Fsp3) is 0.250. The van der Waals surface area contributed by atoms with E-state index in [-0.39, 0.29) is 11.7 Å². The first-order valence-corrected chi connectivity index (χ1v) is 8.03. The molecule has 0 aliphatic heterocycles. The van der Waals surface area contributed by atoms with Crippen molar-refractivity contribution in [3.8, 4) is 5.75 Å². The molecule has 0 amide bonds. The summed E-state index contributed by atoms with van der Waals surface area (Å²) in [7, 11) is 0. The summed E-state index contributed by atoms with van der Waals surface area (Å²) in [4.78, 5) is 11.7. The van der Waals surface area contributed by atoms with Crippen molar-refractivity contribution in [3.63, 3.8) is 0 Å². The molecule has 3 rings (SSSR count). The number of aliphatic hydroxyl groups excluding tert-OH is 1. The fourth-order valence-corrected chi connectivity index (χ4v) is 3.14. The summed E-state index contributed by atoms with van der Waals surface area (Å²) in [5.74, 6) is -0.0857. The van der Waals surface area contributed by atoms with Crippen LogP contribution in [-0.2, 0) is 0 Å². The van der Waals surface area contributed by atoms with E-state index in [0.717, 1.165) is 12.1 Å². The maximum Gasteiger partial charge on any atom is 0.223 e. The molecule has 2 unspecified atom stereocenters. The molecule has 4 heteroatoms. The van der Waals surface area contributed by atoms with E-state index in [0.29, 0.717) is 5.69 Å². The number of allylic oxidation sites excluding steroid dienone is 4. The minimum absolute atomic E-state index is 0.231. The van der Waals surface area contributed by atoms with E-state index < -0.39 is 11.5 Å². The average Bonchev–Trinajstić information content (AvgIpc) is 2.58. The van der Waals surface area contributed by atoms with Gasteiger partial charge in [-0.25, -0.2) is 0 Å². The molecule has 1 aliphatic carbocycles. The number of aromatic nitrogens is 1. The molecule has 0 fully saturated rings. The number of pyridine rings is 1. The maximum atomic E-state index is 11.7. The van der Waals surface area contributed by atoms with Crippen LogP contribution in [0.25, 0.3) is 5.70 Å². The van der Waals surface area contributed by atoms with Gasteiger partial charge in [0.25, 0.3) is 0 Å². The van der Waals surface area contributed by atoms with E-state index >= 15 is 0 Å². The van der Waals surface area contributed by atoms with Crippen molar-refractivity contribution < 1.29 is 10.2 Å². The van der Waals surface area contributed by atoms with Crippen LogP contribution in [0.2, 0.25) is 0 Å². The molecule has 0 saturated heterocycles. The van der Waals surface area contributed by atoms with Gasteiger partial charge >= 0.3 is 0 Å². The highest BCUT2D eigenvalue weighted by Gasteiger charge is 2.21. The van der Waals surface area contributed by atoms with Crippen LogP contribution in [0.3, 0.4) is 0 Å². The summed E-state index contributed by atoms with van der Waals surface area (Å²) in [6.07, 6.45) is 5.35. The predicted molar refractivity (Wildman–Crippen MR) is 94.8 cm³/mol. The molecule has 1 aromatic carbocycles. The van der Waals surface area contributed by atoms with Gasteiger partial charge in [-0.1, -0.05) is 42.0 Å². The molecule has 0 spiro atoms. The second-order valence-corrected chi connectivity index (χ2v) is 6.23. The summed E-state index contributed by atoms with van der Waals surface area (Å²) >= 11 is 0. The molecular formula is C20H21NO3. The molecule has 0 saturated carbocycles. The van der Waals surface area contributed by atoms with Crippen LogP contribution >= 0.6 is 0 Å². The molecule has 1 heterocycles. The lowest BCUT2D eigenvalue weighted by molar-refractivity contribution is 0.191. The molecular weight excluding hydrogens is 302 g/mol. The third-order valence-corrected chi connectivity index (χ3v) is 4.50. The Bertz CT molecular complexity index is 860. The monoisotopic (exact) mass is 323 g/mol. The van der Waals surface area contributed by atoms with Gasteiger partial charge in [-0.05, 0) is 31.9 Å². The van der Waals surface area contributed by atoms with Gasteiger partial charge in [0.15, 0.2) is 5.75 Å². The van der Waals surface area contributed by atoms with E-state index in [2.05, 4.69) is 25.1 Å². The third-order valence-electron chi connectivity index (χ3n) is 4.50. The van der Waals surface area contributed by atoms with Gasteiger partial charge in [0.1, 0.15) is 0 Å². The topological polar surface area (TPSA) is 62.5 Å². The Morgan fingerprint density at radius 3 is 2.58 bits per heavy atom. The van der Waals surface area contributed by atoms with Crippen molar-refractivity contribution >= 4 is 5.70 Å². The van der Waals surface area contributed by atoms with E-state index in [1.54, 1.807) is 11.5 Å². The molecule has 24 heavy (non-hydrogen) atoms. The lowest BCUT2D eigenvalue weighted by Crippen LogP contribution is -2.17. The van der Waals surface area contributed by atoms with Crippen molar-refractivity contribution in [2.75, 3.05) is 0 Å². The highest BCUT2D eigenvalue weighted by molar-refractivity contribution is 5.57. The molecule has 1 aromatic heterocycles. The second-order valence-electron chi connectivity index (χ2n) is 6.23. The van der Waals surface area contributed by atoms with E-state index in [9.17, 15) is 15.0 Å². The van der Waals surface area contributed by atoms with Crippen LogP contribution in [0.1, 0.15) is 43.5 Å². The Kier molecular flexibility index (Phi) is 4.40. The van der Waals surface area contributed by atoms with Crippen LogP contribution < -0.4 is 5.43 Å². The summed E-state index contributed by atoms with van der Waals surface area (Å²) in [6, 6.07) is 11.5. The van der Waals surface area contributed by atoms with Crippen LogP contribution in [0.15, 0.2) is 65.1 Å². The molecule has 1 aliphatic rings. The lowest BCUT2D eigenvalue weighted by Gasteiger charge is -2.27. The van der Waals surface area contributed by atoms with Crippen molar-refractivity contribution in [1.29, 1.82) is 0 Å². The fourth-order valence-electron chi connectivity index (χ4n) is 3.14. The molecule has 0 bridgehead atoms. The second kappa shape index (κ2) is 6.49. The normalized spacial score (nSPS) is 18.7. The third kappa shape index (κ3) is 3.05. The van der Waals surface area contributed by atoms with Crippen molar-refractivity contribution in [2.45, 2.75) is 32.3 Å². The SMILES string of the molecule is CC1=CC=C(n2cc(O)c(=O)cc2C(C)O)CC1c1ccccc1. The van der Waals surface area contributed by atoms with Crippen LogP contribution in [0, 0.1) is 0 Å². The average molecular weight is 323 g/mol. The number of hydrogen-bond acceptors (Lipinski definition) is 3. The van der Waals surface area contributed by atoms with Crippen LogP contribution in [0.4, 0.5) is 0 Å². The first-order chi connectivity index (χ1) is 11.5. The van der Waals surface area contributed by atoms with Gasteiger partial charge in [-0.15, -0.1) is 0 Å².